The molecule has 2 atom stereocenters. The summed E-state index contributed by atoms with van der Waals surface area (Å²) in [5.74, 6) is -1.71. The van der Waals surface area contributed by atoms with Crippen LogP contribution in [-0.4, -0.2) is 57.8 Å². The molecule has 0 spiro atoms. The van der Waals surface area contributed by atoms with E-state index in [0.717, 1.165) is 11.1 Å². The number of aliphatic hydroxyl groups excluding tert-OH is 1. The molecule has 2 aromatic carbocycles. The van der Waals surface area contributed by atoms with Crippen molar-refractivity contribution in [2.45, 2.75) is 66.2 Å². The number of aliphatic hydroxyl groups is 1. The van der Waals surface area contributed by atoms with Crippen LogP contribution in [0.15, 0.2) is 42.5 Å². The Labute approximate surface area is 218 Å². The number of para-hydroxylation sites is 2. The average Bonchev–Trinajstić information content (AvgIpc) is 2.79. The first-order valence-corrected chi connectivity index (χ1v) is 12.3. The predicted octanol–water partition coefficient (Wildman–Crippen LogP) is 4.06. The molecule has 0 aliphatic carbocycles. The highest BCUT2D eigenvalue weighted by atomic mass is 16.6. The van der Waals surface area contributed by atoms with E-state index in [1.54, 1.807) is 52.8 Å². The third-order valence-corrected chi connectivity index (χ3v) is 5.75. The van der Waals surface area contributed by atoms with Crippen molar-refractivity contribution in [3.63, 3.8) is 0 Å². The summed E-state index contributed by atoms with van der Waals surface area (Å²) < 4.78 is 5.34. The minimum atomic E-state index is -1.29. The monoisotopic (exact) mass is 513 g/mol. The van der Waals surface area contributed by atoms with E-state index in [4.69, 9.17) is 4.74 Å². The van der Waals surface area contributed by atoms with Crippen LogP contribution < -0.4 is 10.6 Å². The summed E-state index contributed by atoms with van der Waals surface area (Å²) in [6.07, 6.45) is -0.775. The Morgan fingerprint density at radius 1 is 1.00 bits per heavy atom. The van der Waals surface area contributed by atoms with Gasteiger partial charge in [0.15, 0.2) is 0 Å². The van der Waals surface area contributed by atoms with Gasteiger partial charge in [0, 0.05) is 17.8 Å². The van der Waals surface area contributed by atoms with Gasteiger partial charge in [0.1, 0.15) is 23.4 Å². The number of phenols is 1. The Morgan fingerprint density at radius 2 is 1.59 bits per heavy atom. The number of phenolic OH excluding ortho intramolecular Hbond substituents is 1. The number of rotatable bonds is 9. The van der Waals surface area contributed by atoms with E-state index in [0.29, 0.717) is 5.69 Å². The highest BCUT2D eigenvalue weighted by Gasteiger charge is 2.38. The second-order valence-corrected chi connectivity index (χ2v) is 10.3. The lowest BCUT2D eigenvalue weighted by Crippen LogP contribution is -2.55. The summed E-state index contributed by atoms with van der Waals surface area (Å²) >= 11 is 0. The molecular formula is C28H39N3O6. The van der Waals surface area contributed by atoms with Crippen LogP contribution >= 0.6 is 0 Å². The van der Waals surface area contributed by atoms with Gasteiger partial charge >= 0.3 is 6.09 Å². The molecule has 0 aromatic heterocycles. The molecule has 202 valence electrons. The maximum atomic E-state index is 13.9. The van der Waals surface area contributed by atoms with Gasteiger partial charge in [-0.3, -0.25) is 9.59 Å². The molecule has 0 radical (unpaired) electrons. The van der Waals surface area contributed by atoms with Crippen molar-refractivity contribution in [2.24, 2.45) is 5.92 Å². The third kappa shape index (κ3) is 7.95. The Balaban J connectivity index is 2.54. The van der Waals surface area contributed by atoms with Crippen molar-refractivity contribution < 1.29 is 29.3 Å². The van der Waals surface area contributed by atoms with Crippen molar-refractivity contribution >= 4 is 23.6 Å². The van der Waals surface area contributed by atoms with Crippen LogP contribution in [-0.2, 0) is 14.3 Å². The SMILES string of the molecule is Cc1cccc(C)c1NC(=O)C(c1ccccc1O)N(CCO)C(=O)C(NC(=O)OC(C)(C)C)C(C)C. The highest BCUT2D eigenvalue weighted by Crippen LogP contribution is 2.32. The van der Waals surface area contributed by atoms with Crippen LogP contribution in [0.1, 0.15) is 57.4 Å². The molecule has 37 heavy (non-hydrogen) atoms. The predicted molar refractivity (Wildman–Crippen MR) is 142 cm³/mol. The van der Waals surface area contributed by atoms with Crippen LogP contribution in [0.2, 0.25) is 0 Å². The summed E-state index contributed by atoms with van der Waals surface area (Å²) in [6, 6.07) is 9.47. The molecule has 2 unspecified atom stereocenters. The number of hydrogen-bond donors (Lipinski definition) is 4. The van der Waals surface area contributed by atoms with Crippen LogP contribution in [0.4, 0.5) is 10.5 Å². The van der Waals surface area contributed by atoms with Gasteiger partial charge in [-0.15, -0.1) is 0 Å². The molecule has 2 rings (SSSR count). The number of carbonyl (C=O) groups excluding carboxylic acids is 3. The van der Waals surface area contributed by atoms with Gasteiger partial charge < -0.3 is 30.5 Å². The summed E-state index contributed by atoms with van der Waals surface area (Å²) in [4.78, 5) is 41.4. The van der Waals surface area contributed by atoms with Gasteiger partial charge in [0.05, 0.1) is 6.61 Å². The number of benzene rings is 2. The summed E-state index contributed by atoms with van der Waals surface area (Å²) in [5, 5.41) is 26.0. The second kappa shape index (κ2) is 12.6. The van der Waals surface area contributed by atoms with E-state index in [1.807, 2.05) is 32.0 Å². The first-order valence-electron chi connectivity index (χ1n) is 12.3. The molecule has 9 nitrogen and oxygen atoms in total. The summed E-state index contributed by atoms with van der Waals surface area (Å²) in [7, 11) is 0. The Morgan fingerprint density at radius 3 is 2.11 bits per heavy atom. The van der Waals surface area contributed by atoms with Crippen LogP contribution in [0.25, 0.3) is 0 Å². The largest absolute Gasteiger partial charge is 0.508 e. The first-order chi connectivity index (χ1) is 17.3. The average molecular weight is 514 g/mol. The maximum absolute atomic E-state index is 13.9. The van der Waals surface area contributed by atoms with Gasteiger partial charge in [-0.1, -0.05) is 50.2 Å². The number of nitrogens with one attached hydrogen (secondary N) is 2. The molecule has 9 heteroatoms. The molecule has 4 N–H and O–H groups in total. The van der Waals surface area contributed by atoms with Crippen molar-refractivity contribution in [1.29, 1.82) is 0 Å². The topological polar surface area (TPSA) is 128 Å². The van der Waals surface area contributed by atoms with Crippen molar-refractivity contribution in [2.75, 3.05) is 18.5 Å². The minimum absolute atomic E-state index is 0.180. The van der Waals surface area contributed by atoms with E-state index in [9.17, 15) is 24.6 Å². The lowest BCUT2D eigenvalue weighted by atomic mass is 9.98. The Bertz CT molecular complexity index is 1090. The molecule has 0 saturated carbocycles. The standard InChI is InChI=1S/C28H39N3O6/c1-17(2)22(30-27(36)37-28(5,6)7)26(35)31(15-16-32)24(20-13-8-9-14-21(20)33)25(34)29-23-18(3)11-10-12-19(23)4/h8-14,17,22,24,32-33H,15-16H2,1-7H3,(H,29,34)(H,30,36). The number of hydrogen-bond acceptors (Lipinski definition) is 6. The van der Waals surface area contributed by atoms with Crippen LogP contribution in [0.3, 0.4) is 0 Å². The van der Waals surface area contributed by atoms with E-state index < -0.39 is 42.2 Å². The van der Waals surface area contributed by atoms with Gasteiger partial charge in [-0.05, 0) is 57.7 Å². The number of amides is 3. The number of aryl methyl sites for hydroxylation is 2. The van der Waals surface area contributed by atoms with Gasteiger partial charge in [-0.25, -0.2) is 4.79 Å². The smallest absolute Gasteiger partial charge is 0.408 e. The number of ether oxygens (including phenoxy) is 1. The first kappa shape index (κ1) is 29.6. The van der Waals surface area contributed by atoms with Gasteiger partial charge in [0.2, 0.25) is 5.91 Å². The van der Waals surface area contributed by atoms with Gasteiger partial charge in [0.25, 0.3) is 5.91 Å². The summed E-state index contributed by atoms with van der Waals surface area (Å²) in [6.45, 7) is 11.7. The number of aromatic hydroxyl groups is 1. The molecule has 0 heterocycles. The highest BCUT2D eigenvalue weighted by molar-refractivity contribution is 6.00. The normalized spacial score (nSPS) is 13.0. The molecule has 0 aliphatic heterocycles. The number of alkyl carbamates (subject to hydrolysis) is 1. The number of nitrogens with zero attached hydrogens (tertiary/aromatic N) is 1. The fraction of sp³-hybridized carbons (Fsp3) is 0.464. The molecular weight excluding hydrogens is 474 g/mol. The molecule has 0 fully saturated rings. The van der Waals surface area contributed by atoms with Crippen LogP contribution in [0.5, 0.6) is 5.75 Å². The molecule has 3 amide bonds. The van der Waals surface area contributed by atoms with Crippen molar-refractivity contribution in [1.82, 2.24) is 10.2 Å². The third-order valence-electron chi connectivity index (χ3n) is 5.75. The van der Waals surface area contributed by atoms with E-state index in [2.05, 4.69) is 10.6 Å². The van der Waals surface area contributed by atoms with E-state index >= 15 is 0 Å². The zero-order valence-corrected chi connectivity index (χ0v) is 22.7. The van der Waals surface area contributed by atoms with Gasteiger partial charge in [-0.2, -0.15) is 0 Å². The van der Waals surface area contributed by atoms with E-state index in [-0.39, 0.29) is 23.8 Å². The van der Waals surface area contributed by atoms with E-state index in [1.165, 1.54) is 11.0 Å². The fourth-order valence-corrected chi connectivity index (χ4v) is 3.97. The maximum Gasteiger partial charge on any atom is 0.408 e. The molecule has 2 aromatic rings. The quantitative estimate of drug-likeness (QED) is 0.400. The van der Waals surface area contributed by atoms with Crippen molar-refractivity contribution in [3.05, 3.63) is 59.2 Å². The second-order valence-electron chi connectivity index (χ2n) is 10.3. The fourth-order valence-electron chi connectivity index (χ4n) is 3.97. The number of carbonyl (C=O) groups is 3. The summed E-state index contributed by atoms with van der Waals surface area (Å²) in [5.41, 5.74) is 1.67. The molecule has 0 aliphatic rings. The van der Waals surface area contributed by atoms with Crippen LogP contribution in [0, 0.1) is 19.8 Å². The minimum Gasteiger partial charge on any atom is -0.508 e. The lowest BCUT2D eigenvalue weighted by molar-refractivity contribution is -0.142. The number of anilines is 1. The molecule has 0 bridgehead atoms. The van der Waals surface area contributed by atoms with Crippen molar-refractivity contribution in [3.8, 4) is 5.75 Å². The lowest BCUT2D eigenvalue weighted by Gasteiger charge is -2.35. The molecule has 0 saturated heterocycles. The Kier molecular flexibility index (Phi) is 10.1. The Hall–Kier alpha value is -3.59. The zero-order chi connectivity index (χ0) is 27.9. The zero-order valence-electron chi connectivity index (χ0n) is 22.7.